The van der Waals surface area contributed by atoms with E-state index in [9.17, 15) is 0 Å². The number of aromatic nitrogens is 2. The highest BCUT2D eigenvalue weighted by Crippen LogP contribution is 2.41. The number of rotatable bonds is 5. The summed E-state index contributed by atoms with van der Waals surface area (Å²) in [6.45, 7) is 25.9. The number of hydrogen-bond acceptors (Lipinski definition) is 4. The topological polar surface area (TPSA) is 24.3 Å². The van der Waals surface area contributed by atoms with Gasteiger partial charge in [-0.25, -0.2) is 4.98 Å². The highest BCUT2D eigenvalue weighted by molar-refractivity contribution is 7.99. The maximum Gasteiger partial charge on any atom is 0.137 e. The molecule has 51 heavy (non-hydrogen) atoms. The van der Waals surface area contributed by atoms with Crippen LogP contribution in [0.25, 0.3) is 27.6 Å². The lowest BCUT2D eigenvalue weighted by Gasteiger charge is -2.30. The maximum absolute atomic E-state index is 4.88. The molecule has 0 saturated heterocycles. The fraction of sp³-hybridized carbons (Fsp3) is 0.326. The summed E-state index contributed by atoms with van der Waals surface area (Å²) in [6.07, 6.45) is 1.95. The Morgan fingerprint density at radius 3 is 1.80 bits per heavy atom. The molecule has 2 aromatic heterocycles. The van der Waals surface area contributed by atoms with Crippen LogP contribution in [0, 0.1) is 0 Å². The van der Waals surface area contributed by atoms with Gasteiger partial charge in [0.1, 0.15) is 5.82 Å². The average molecular weight is 693 g/mol. The molecule has 4 nitrogen and oxygen atoms in total. The van der Waals surface area contributed by atoms with Gasteiger partial charge < -0.3 is 9.80 Å². The molecule has 262 valence electrons. The molecule has 7 rings (SSSR count). The van der Waals surface area contributed by atoms with E-state index >= 15 is 0 Å². The van der Waals surface area contributed by atoms with Crippen molar-refractivity contribution in [1.29, 1.82) is 0 Å². The highest BCUT2D eigenvalue weighted by atomic mass is 32.2. The Balaban J connectivity index is 1.22. The Hall–Kier alpha value is -4.48. The predicted octanol–water partition coefficient (Wildman–Crippen LogP) is 12.8. The summed E-state index contributed by atoms with van der Waals surface area (Å²) >= 11 is 1.82. The number of hydrogen-bond donors (Lipinski definition) is 0. The first-order valence-corrected chi connectivity index (χ1v) is 19.0. The molecule has 0 atom stereocenters. The summed E-state index contributed by atoms with van der Waals surface area (Å²) in [5.41, 5.74) is 11.6. The monoisotopic (exact) mass is 692 g/mol. The van der Waals surface area contributed by atoms with E-state index in [1.54, 1.807) is 0 Å². The second-order valence-electron chi connectivity index (χ2n) is 17.2. The van der Waals surface area contributed by atoms with Gasteiger partial charge in [0, 0.05) is 49.5 Å². The van der Waals surface area contributed by atoms with E-state index in [0.717, 1.165) is 12.5 Å². The molecule has 3 heterocycles. The third-order valence-electron chi connectivity index (χ3n) is 10.4. The summed E-state index contributed by atoms with van der Waals surface area (Å²) in [5, 5.41) is 2.48. The smallest absolute Gasteiger partial charge is 0.137 e. The summed E-state index contributed by atoms with van der Waals surface area (Å²) in [5.74, 6) is 0.955. The van der Waals surface area contributed by atoms with Crippen molar-refractivity contribution in [3.8, 4) is 5.82 Å². The van der Waals surface area contributed by atoms with Crippen LogP contribution in [0.5, 0.6) is 0 Å². The summed E-state index contributed by atoms with van der Waals surface area (Å²) in [4.78, 5) is 12.2. The third-order valence-corrected chi connectivity index (χ3v) is 11.4. The lowest BCUT2D eigenvalue weighted by atomic mass is 9.80. The lowest BCUT2D eigenvalue weighted by Crippen LogP contribution is -2.28. The molecule has 0 unspecified atom stereocenters. The van der Waals surface area contributed by atoms with Crippen LogP contribution >= 0.6 is 11.8 Å². The Morgan fingerprint density at radius 1 is 0.529 bits per heavy atom. The lowest BCUT2D eigenvalue weighted by molar-refractivity contribution is 0.568. The van der Waals surface area contributed by atoms with Crippen LogP contribution in [0.3, 0.4) is 0 Å². The molecular weight excluding hydrogens is 641 g/mol. The number of fused-ring (bicyclic) bond motifs is 3. The first-order valence-electron chi connectivity index (χ1n) is 18.2. The van der Waals surface area contributed by atoms with Gasteiger partial charge in [-0.3, -0.25) is 4.57 Å². The number of allylic oxidation sites excluding steroid dienone is 2. The van der Waals surface area contributed by atoms with Gasteiger partial charge in [0.05, 0.1) is 17.7 Å². The molecule has 0 spiro atoms. The summed E-state index contributed by atoms with van der Waals surface area (Å²) in [7, 11) is 0. The van der Waals surface area contributed by atoms with Crippen molar-refractivity contribution in [3.63, 3.8) is 0 Å². The summed E-state index contributed by atoms with van der Waals surface area (Å²) < 4.78 is 2.33. The molecule has 1 aliphatic heterocycles. The van der Waals surface area contributed by atoms with Crippen molar-refractivity contribution in [2.45, 2.75) is 102 Å². The molecule has 0 radical (unpaired) electrons. The van der Waals surface area contributed by atoms with Crippen LogP contribution < -0.4 is 9.80 Å². The van der Waals surface area contributed by atoms with Crippen LogP contribution in [-0.4, -0.2) is 16.2 Å². The zero-order chi connectivity index (χ0) is 36.5. The molecule has 4 aromatic carbocycles. The molecule has 0 fully saturated rings. The molecule has 0 saturated carbocycles. The molecular formula is C46H52N4S. The Labute approximate surface area is 309 Å². The molecule has 1 aliphatic rings. The van der Waals surface area contributed by atoms with Gasteiger partial charge >= 0.3 is 0 Å². The van der Waals surface area contributed by atoms with E-state index in [4.69, 9.17) is 4.98 Å². The molecule has 0 N–H and O–H groups in total. The van der Waals surface area contributed by atoms with Crippen LogP contribution in [0.15, 0.2) is 124 Å². The highest BCUT2D eigenvalue weighted by Gasteiger charge is 2.29. The maximum atomic E-state index is 4.88. The van der Waals surface area contributed by atoms with Crippen molar-refractivity contribution in [2.75, 3.05) is 16.5 Å². The molecule has 0 amide bonds. The van der Waals surface area contributed by atoms with Crippen LogP contribution in [-0.2, 0) is 16.2 Å². The van der Waals surface area contributed by atoms with Gasteiger partial charge in [0.15, 0.2) is 0 Å². The number of pyridine rings is 1. The third kappa shape index (κ3) is 6.69. The summed E-state index contributed by atoms with van der Waals surface area (Å²) in [6, 6.07) is 36.1. The molecule has 5 heteroatoms. The minimum atomic E-state index is 0.0345. The molecule has 6 aromatic rings. The first kappa shape index (κ1) is 34.9. The fourth-order valence-electron chi connectivity index (χ4n) is 7.05. The van der Waals surface area contributed by atoms with Crippen LogP contribution in [0.4, 0.5) is 11.4 Å². The number of para-hydroxylation sites is 1. The Morgan fingerprint density at radius 2 is 1.14 bits per heavy atom. The van der Waals surface area contributed by atoms with Crippen molar-refractivity contribution in [1.82, 2.24) is 9.55 Å². The Bertz CT molecular complexity index is 2270. The number of nitrogens with zero attached hydrogens (tertiary/aromatic N) is 4. The zero-order valence-corrected chi connectivity index (χ0v) is 33.0. The largest absolute Gasteiger partial charge is 0.325 e. The molecule has 0 bridgehead atoms. The number of anilines is 2. The van der Waals surface area contributed by atoms with E-state index in [0.29, 0.717) is 0 Å². The van der Waals surface area contributed by atoms with Gasteiger partial charge in [0.25, 0.3) is 0 Å². The number of benzene rings is 4. The van der Waals surface area contributed by atoms with E-state index in [1.807, 2.05) is 18.0 Å². The standard InChI is InChI=1S/C46H52N4S/c1-30-31(2)49(36-24-33(45(6,7)8)23-34(25-36)46(9,10)11)29-48(30)35-15-14-16-37(27-35)51-38-19-20-40-39-17-12-13-18-41(39)50(42(40)28-38)43-26-32(21-22-47-43)44(3,4)5/h12-28H,29H2,1-11H3. The van der Waals surface area contributed by atoms with E-state index in [-0.39, 0.29) is 16.2 Å². The minimum absolute atomic E-state index is 0.0345. The van der Waals surface area contributed by atoms with Gasteiger partial charge in [-0.15, -0.1) is 0 Å². The minimum Gasteiger partial charge on any atom is -0.325 e. The zero-order valence-electron chi connectivity index (χ0n) is 32.2. The fourth-order valence-corrected chi connectivity index (χ4v) is 7.95. The normalized spacial score (nSPS) is 14.4. The second-order valence-corrected chi connectivity index (χ2v) is 18.4. The quantitative estimate of drug-likeness (QED) is 0.179. The van der Waals surface area contributed by atoms with Gasteiger partial charge in [-0.2, -0.15) is 0 Å². The van der Waals surface area contributed by atoms with Gasteiger partial charge in [-0.1, -0.05) is 110 Å². The Kier molecular flexibility index (Phi) is 8.65. The molecule has 0 aliphatic carbocycles. The van der Waals surface area contributed by atoms with Crippen LogP contribution in [0.2, 0.25) is 0 Å². The van der Waals surface area contributed by atoms with Crippen molar-refractivity contribution >= 4 is 44.9 Å². The SMILES string of the molecule is CC1=C(C)N(c2cc(C(C)(C)C)cc(C(C)(C)C)c2)CN1c1cccc(Sc2ccc3c4ccccc4n(-c4cc(C(C)(C)C)ccn4)c3c2)c1. The van der Waals surface area contributed by atoms with E-state index < -0.39 is 0 Å². The predicted molar refractivity (Wildman–Crippen MR) is 220 cm³/mol. The van der Waals surface area contributed by atoms with Crippen molar-refractivity contribution < 1.29 is 0 Å². The van der Waals surface area contributed by atoms with Gasteiger partial charge in [-0.05, 0) is 107 Å². The van der Waals surface area contributed by atoms with E-state index in [2.05, 4.69) is 188 Å². The van der Waals surface area contributed by atoms with Crippen LogP contribution in [0.1, 0.15) is 92.9 Å². The van der Waals surface area contributed by atoms with Gasteiger partial charge in [0.2, 0.25) is 0 Å². The second kappa shape index (κ2) is 12.6. The van der Waals surface area contributed by atoms with Crippen molar-refractivity contribution in [2.24, 2.45) is 0 Å². The van der Waals surface area contributed by atoms with E-state index in [1.165, 1.54) is 71.1 Å². The average Bonchev–Trinajstić information content (AvgIpc) is 3.56. The first-order chi connectivity index (χ1) is 24.0. The van der Waals surface area contributed by atoms with Crippen molar-refractivity contribution in [3.05, 3.63) is 131 Å².